The molecule has 0 bridgehead atoms. The number of nitrogens with one attached hydrogen (secondary N) is 1. The molecule has 1 aromatic heterocycles. The minimum Gasteiger partial charge on any atom is -0.279 e. The molecule has 0 saturated heterocycles. The number of benzene rings is 2. The van der Waals surface area contributed by atoms with Crippen molar-refractivity contribution in [2.75, 3.05) is 4.72 Å². The van der Waals surface area contributed by atoms with Crippen LogP contribution in [0.4, 0.5) is 10.1 Å². The van der Waals surface area contributed by atoms with Crippen molar-refractivity contribution < 1.29 is 12.8 Å². The van der Waals surface area contributed by atoms with E-state index in [9.17, 15) is 12.8 Å². The number of sulfonamides is 1. The van der Waals surface area contributed by atoms with Gasteiger partial charge in [-0.25, -0.2) is 12.8 Å². The largest absolute Gasteiger partial charge is 0.279 e. The van der Waals surface area contributed by atoms with Crippen LogP contribution in [0.5, 0.6) is 0 Å². The quantitative estimate of drug-likeness (QED) is 0.642. The molecule has 1 N–H and O–H groups in total. The maximum absolute atomic E-state index is 13.4. The summed E-state index contributed by atoms with van der Waals surface area (Å²) in [6, 6.07) is 13.3. The topological polar surface area (TPSA) is 64.0 Å². The van der Waals surface area contributed by atoms with Gasteiger partial charge in [0.25, 0.3) is 10.0 Å². The van der Waals surface area contributed by atoms with Crippen molar-refractivity contribution in [1.82, 2.24) is 9.78 Å². The molecular formula is C20H21ClFN3O2S. The predicted molar refractivity (Wildman–Crippen MR) is 109 cm³/mol. The first-order valence-corrected chi connectivity index (χ1v) is 10.5. The van der Waals surface area contributed by atoms with Gasteiger partial charge in [-0.3, -0.25) is 9.40 Å². The number of halogens is 2. The fraction of sp³-hybridized carbons (Fsp3) is 0.250. The molecule has 0 atom stereocenters. The minimum absolute atomic E-state index is 0.0800. The SMILES string of the molecule is CC(C)(C)c1nn(Cc2ccccc2)cc1S(=O)(=O)Nc1ccc(F)c(Cl)c1. The summed E-state index contributed by atoms with van der Waals surface area (Å²) >= 11 is 5.76. The fourth-order valence-corrected chi connectivity index (χ4v) is 4.33. The molecule has 3 rings (SSSR count). The van der Waals surface area contributed by atoms with Gasteiger partial charge in [0.2, 0.25) is 0 Å². The number of hydrogen-bond donors (Lipinski definition) is 1. The van der Waals surface area contributed by atoms with Crippen molar-refractivity contribution >= 4 is 27.3 Å². The Morgan fingerprint density at radius 1 is 1.14 bits per heavy atom. The van der Waals surface area contributed by atoms with Crippen LogP contribution in [0.2, 0.25) is 5.02 Å². The van der Waals surface area contributed by atoms with Crippen LogP contribution < -0.4 is 4.72 Å². The Hall–Kier alpha value is -2.38. The average Bonchev–Trinajstić information content (AvgIpc) is 3.04. The summed E-state index contributed by atoms with van der Waals surface area (Å²) in [6.07, 6.45) is 1.51. The molecule has 3 aromatic rings. The van der Waals surface area contributed by atoms with E-state index < -0.39 is 21.3 Å². The third kappa shape index (κ3) is 4.54. The van der Waals surface area contributed by atoms with Crippen molar-refractivity contribution in [3.05, 3.63) is 76.8 Å². The van der Waals surface area contributed by atoms with Gasteiger partial charge in [-0.2, -0.15) is 5.10 Å². The van der Waals surface area contributed by atoms with Crippen LogP contribution in [-0.4, -0.2) is 18.2 Å². The van der Waals surface area contributed by atoms with Crippen LogP contribution in [-0.2, 0) is 22.0 Å². The van der Waals surface area contributed by atoms with Crippen molar-refractivity contribution in [1.29, 1.82) is 0 Å². The summed E-state index contributed by atoms with van der Waals surface area (Å²) in [7, 11) is -3.94. The van der Waals surface area contributed by atoms with E-state index in [0.29, 0.717) is 12.2 Å². The number of aromatic nitrogens is 2. The molecule has 0 aliphatic rings. The Labute approximate surface area is 169 Å². The van der Waals surface area contributed by atoms with Gasteiger partial charge in [0.15, 0.2) is 0 Å². The highest BCUT2D eigenvalue weighted by molar-refractivity contribution is 7.92. The van der Waals surface area contributed by atoms with E-state index in [0.717, 1.165) is 11.6 Å². The number of hydrogen-bond acceptors (Lipinski definition) is 3. The highest BCUT2D eigenvalue weighted by atomic mass is 35.5. The smallest absolute Gasteiger partial charge is 0.265 e. The van der Waals surface area contributed by atoms with E-state index in [1.807, 2.05) is 51.1 Å². The van der Waals surface area contributed by atoms with E-state index in [2.05, 4.69) is 9.82 Å². The molecule has 0 amide bonds. The first-order valence-electron chi connectivity index (χ1n) is 8.66. The first kappa shape index (κ1) is 20.4. The lowest BCUT2D eigenvalue weighted by atomic mass is 9.92. The molecular weight excluding hydrogens is 401 g/mol. The molecule has 0 saturated carbocycles. The second-order valence-electron chi connectivity index (χ2n) is 7.51. The van der Waals surface area contributed by atoms with Gasteiger partial charge in [-0.1, -0.05) is 62.7 Å². The zero-order chi connectivity index (χ0) is 20.5. The third-order valence-corrected chi connectivity index (χ3v) is 5.76. The van der Waals surface area contributed by atoms with Crippen LogP contribution in [0.25, 0.3) is 0 Å². The van der Waals surface area contributed by atoms with E-state index in [4.69, 9.17) is 11.6 Å². The molecule has 148 valence electrons. The Bertz CT molecular complexity index is 1090. The van der Waals surface area contributed by atoms with E-state index in [1.54, 1.807) is 4.68 Å². The lowest BCUT2D eigenvalue weighted by Gasteiger charge is -2.18. The van der Waals surface area contributed by atoms with E-state index in [1.165, 1.54) is 18.3 Å². The normalized spacial score (nSPS) is 12.2. The zero-order valence-electron chi connectivity index (χ0n) is 15.8. The van der Waals surface area contributed by atoms with Gasteiger partial charge in [0.05, 0.1) is 22.9 Å². The number of anilines is 1. The molecule has 0 unspecified atom stereocenters. The number of nitrogens with zero attached hydrogens (tertiary/aromatic N) is 2. The van der Waals surface area contributed by atoms with Gasteiger partial charge < -0.3 is 0 Å². The molecule has 0 radical (unpaired) electrons. The van der Waals surface area contributed by atoms with Crippen LogP contribution in [0.15, 0.2) is 59.6 Å². The summed E-state index contributed by atoms with van der Waals surface area (Å²) in [5.74, 6) is -0.615. The molecule has 28 heavy (non-hydrogen) atoms. The second-order valence-corrected chi connectivity index (χ2v) is 9.57. The Morgan fingerprint density at radius 3 is 2.43 bits per heavy atom. The summed E-state index contributed by atoms with van der Waals surface area (Å²) < 4.78 is 43.5. The van der Waals surface area contributed by atoms with Crippen molar-refractivity contribution in [3.63, 3.8) is 0 Å². The maximum Gasteiger partial charge on any atom is 0.265 e. The summed E-state index contributed by atoms with van der Waals surface area (Å²) in [5, 5.41) is 4.37. The standard InChI is InChI=1S/C20H21ClFN3O2S/c1-20(2,3)19-18(13-25(23-19)12-14-7-5-4-6-8-14)28(26,27)24-15-9-10-17(22)16(21)11-15/h4-11,13,24H,12H2,1-3H3. The Balaban J connectivity index is 1.99. The summed E-state index contributed by atoms with van der Waals surface area (Å²) in [6.45, 7) is 6.14. The lowest BCUT2D eigenvalue weighted by molar-refractivity contribution is 0.533. The monoisotopic (exact) mass is 421 g/mol. The maximum atomic E-state index is 13.4. The highest BCUT2D eigenvalue weighted by Gasteiger charge is 2.30. The number of rotatable bonds is 5. The molecule has 8 heteroatoms. The van der Waals surface area contributed by atoms with E-state index >= 15 is 0 Å². The van der Waals surface area contributed by atoms with Gasteiger partial charge >= 0.3 is 0 Å². The van der Waals surface area contributed by atoms with Crippen molar-refractivity contribution in [3.8, 4) is 0 Å². The van der Waals surface area contributed by atoms with Gasteiger partial charge in [-0.05, 0) is 23.8 Å². The van der Waals surface area contributed by atoms with Crippen LogP contribution in [0, 0.1) is 5.82 Å². The molecule has 0 fully saturated rings. The molecule has 0 aliphatic carbocycles. The predicted octanol–water partition coefficient (Wildman–Crippen LogP) is 4.82. The first-order chi connectivity index (χ1) is 13.1. The van der Waals surface area contributed by atoms with Gasteiger partial charge in [-0.15, -0.1) is 0 Å². The minimum atomic E-state index is -3.94. The van der Waals surface area contributed by atoms with Gasteiger partial charge in [0.1, 0.15) is 10.7 Å². The van der Waals surface area contributed by atoms with Crippen LogP contribution >= 0.6 is 11.6 Å². The van der Waals surface area contributed by atoms with Crippen molar-refractivity contribution in [2.45, 2.75) is 37.6 Å². The molecule has 1 heterocycles. The fourth-order valence-electron chi connectivity index (χ4n) is 2.74. The third-order valence-electron chi connectivity index (χ3n) is 4.09. The molecule has 5 nitrogen and oxygen atoms in total. The van der Waals surface area contributed by atoms with E-state index in [-0.39, 0.29) is 15.6 Å². The highest BCUT2D eigenvalue weighted by Crippen LogP contribution is 2.30. The van der Waals surface area contributed by atoms with Crippen LogP contribution in [0.1, 0.15) is 32.0 Å². The summed E-state index contributed by atoms with van der Waals surface area (Å²) in [5.41, 5.74) is 1.14. The second kappa shape index (κ2) is 7.56. The molecule has 0 aliphatic heterocycles. The average molecular weight is 422 g/mol. The zero-order valence-corrected chi connectivity index (χ0v) is 17.4. The lowest BCUT2D eigenvalue weighted by Crippen LogP contribution is -2.20. The molecule has 2 aromatic carbocycles. The molecule has 0 spiro atoms. The van der Waals surface area contributed by atoms with Gasteiger partial charge in [0, 0.05) is 11.6 Å². The summed E-state index contributed by atoms with van der Waals surface area (Å²) in [4.78, 5) is 0.0800. The van der Waals surface area contributed by atoms with Crippen LogP contribution in [0.3, 0.4) is 0 Å². The van der Waals surface area contributed by atoms with Crippen molar-refractivity contribution in [2.24, 2.45) is 0 Å². The Morgan fingerprint density at radius 2 is 1.82 bits per heavy atom. The Kier molecular flexibility index (Phi) is 5.50.